The van der Waals surface area contributed by atoms with E-state index in [-0.39, 0.29) is 6.10 Å². The second-order valence-corrected chi connectivity index (χ2v) is 5.76. The van der Waals surface area contributed by atoms with Gasteiger partial charge in [0.1, 0.15) is 11.0 Å². The minimum absolute atomic E-state index is 0.220. The van der Waals surface area contributed by atoms with Gasteiger partial charge in [0.05, 0.1) is 6.10 Å². The van der Waals surface area contributed by atoms with Crippen LogP contribution in [0.15, 0.2) is 11.2 Å². The average molecular weight is 288 g/mol. The summed E-state index contributed by atoms with van der Waals surface area (Å²) in [5.74, 6) is 1.29. The Morgan fingerprint density at radius 2 is 2.11 bits per heavy atom. The summed E-state index contributed by atoms with van der Waals surface area (Å²) in [6, 6.07) is 1.81. The molecule has 1 aliphatic heterocycles. The number of aromatic nitrogens is 2. The number of aliphatic hydroxyl groups is 1. The smallest absolute Gasteiger partial charge is 0.190 e. The molecule has 4 nitrogen and oxygen atoms in total. The molecule has 2 rings (SSSR count). The summed E-state index contributed by atoms with van der Waals surface area (Å²) in [6.07, 6.45) is 3.71. The van der Waals surface area contributed by atoms with Crippen molar-refractivity contribution in [1.82, 2.24) is 9.97 Å². The zero-order valence-corrected chi connectivity index (χ0v) is 12.2. The Morgan fingerprint density at radius 1 is 1.44 bits per heavy atom. The van der Waals surface area contributed by atoms with Gasteiger partial charge in [-0.15, -0.1) is 0 Å². The van der Waals surface area contributed by atoms with E-state index in [0.717, 1.165) is 31.7 Å². The van der Waals surface area contributed by atoms with Gasteiger partial charge < -0.3 is 10.0 Å². The van der Waals surface area contributed by atoms with E-state index < -0.39 is 0 Å². The first-order valence-corrected chi connectivity index (χ1v) is 7.72. The first-order valence-electron chi connectivity index (χ1n) is 6.11. The fraction of sp³-hybridized carbons (Fsp3) is 0.667. The van der Waals surface area contributed by atoms with Crippen LogP contribution in [-0.4, -0.2) is 40.5 Å². The maximum atomic E-state index is 9.59. The fourth-order valence-electron chi connectivity index (χ4n) is 2.25. The maximum absolute atomic E-state index is 9.59. The van der Waals surface area contributed by atoms with Gasteiger partial charge in [-0.3, -0.25) is 0 Å². The first-order chi connectivity index (χ1) is 8.60. The van der Waals surface area contributed by atoms with Crippen LogP contribution in [0, 0.1) is 5.92 Å². The molecule has 1 aliphatic rings. The van der Waals surface area contributed by atoms with E-state index in [9.17, 15) is 5.11 Å². The summed E-state index contributed by atoms with van der Waals surface area (Å²) in [5, 5.41) is 10.8. The lowest BCUT2D eigenvalue weighted by molar-refractivity contribution is 0.109. The Hall–Kier alpha value is -0.520. The van der Waals surface area contributed by atoms with Gasteiger partial charge in [-0.2, -0.15) is 0 Å². The SMILES string of the molecule is CSc1nc(Cl)cc(N2CCC(C(C)O)CC2)n1. The summed E-state index contributed by atoms with van der Waals surface area (Å²) < 4.78 is 0. The van der Waals surface area contributed by atoms with Crippen LogP contribution in [0.3, 0.4) is 0 Å². The van der Waals surface area contributed by atoms with Gasteiger partial charge in [-0.25, -0.2) is 9.97 Å². The van der Waals surface area contributed by atoms with Crippen LogP contribution in [0.5, 0.6) is 0 Å². The molecule has 0 aliphatic carbocycles. The Morgan fingerprint density at radius 3 is 2.67 bits per heavy atom. The van der Waals surface area contributed by atoms with Crippen LogP contribution in [0.2, 0.25) is 5.15 Å². The van der Waals surface area contributed by atoms with Crippen LogP contribution >= 0.6 is 23.4 Å². The standard InChI is InChI=1S/C12H18ClN3OS/c1-8(17)9-3-5-16(6-4-9)11-7-10(13)14-12(15-11)18-2/h7-9,17H,3-6H2,1-2H3. The number of anilines is 1. The van der Waals surface area contributed by atoms with E-state index in [1.807, 2.05) is 19.2 Å². The molecule has 6 heteroatoms. The highest BCUT2D eigenvalue weighted by Crippen LogP contribution is 2.26. The number of rotatable bonds is 3. The zero-order chi connectivity index (χ0) is 13.1. The Labute approximate surface area is 117 Å². The molecular weight excluding hydrogens is 270 g/mol. The summed E-state index contributed by atoms with van der Waals surface area (Å²) in [5.41, 5.74) is 0. The molecule has 2 heterocycles. The molecule has 1 aromatic rings. The molecule has 1 N–H and O–H groups in total. The van der Waals surface area contributed by atoms with Gasteiger partial charge in [-0.1, -0.05) is 23.4 Å². The lowest BCUT2D eigenvalue weighted by Gasteiger charge is -2.34. The molecule has 18 heavy (non-hydrogen) atoms. The summed E-state index contributed by atoms with van der Waals surface area (Å²) in [7, 11) is 0. The van der Waals surface area contributed by atoms with E-state index in [0.29, 0.717) is 16.2 Å². The van der Waals surface area contributed by atoms with Crippen molar-refractivity contribution in [2.24, 2.45) is 5.92 Å². The van der Waals surface area contributed by atoms with Crippen molar-refractivity contribution in [3.05, 3.63) is 11.2 Å². The molecule has 0 amide bonds. The van der Waals surface area contributed by atoms with Gasteiger partial charge in [-0.05, 0) is 31.9 Å². The fourth-order valence-corrected chi connectivity index (χ4v) is 2.85. The van der Waals surface area contributed by atoms with Crippen molar-refractivity contribution in [2.75, 3.05) is 24.2 Å². The van der Waals surface area contributed by atoms with Crippen LogP contribution in [0.25, 0.3) is 0 Å². The van der Waals surface area contributed by atoms with E-state index >= 15 is 0 Å². The van der Waals surface area contributed by atoms with Crippen molar-refractivity contribution in [2.45, 2.75) is 31.0 Å². The van der Waals surface area contributed by atoms with Crippen LogP contribution in [-0.2, 0) is 0 Å². The third-order valence-electron chi connectivity index (χ3n) is 3.39. The van der Waals surface area contributed by atoms with Crippen molar-refractivity contribution in [3.63, 3.8) is 0 Å². The molecule has 1 fully saturated rings. The molecule has 1 atom stereocenters. The lowest BCUT2D eigenvalue weighted by Crippen LogP contribution is -2.37. The summed E-state index contributed by atoms with van der Waals surface area (Å²) in [6.45, 7) is 3.70. The molecule has 0 radical (unpaired) electrons. The minimum Gasteiger partial charge on any atom is -0.393 e. The predicted octanol–water partition coefficient (Wildman–Crippen LogP) is 2.45. The summed E-state index contributed by atoms with van der Waals surface area (Å²) in [4.78, 5) is 10.8. The van der Waals surface area contributed by atoms with Crippen LogP contribution in [0.1, 0.15) is 19.8 Å². The normalized spacial score (nSPS) is 19.0. The summed E-state index contributed by atoms with van der Waals surface area (Å²) >= 11 is 7.49. The number of aliphatic hydroxyl groups excluding tert-OH is 1. The first kappa shape index (κ1) is 13.9. The molecular formula is C12H18ClN3OS. The molecule has 0 spiro atoms. The Balaban J connectivity index is 2.07. The lowest BCUT2D eigenvalue weighted by atomic mass is 9.92. The second kappa shape index (κ2) is 6.08. The van der Waals surface area contributed by atoms with Crippen molar-refractivity contribution < 1.29 is 5.11 Å². The highest BCUT2D eigenvalue weighted by Gasteiger charge is 2.23. The number of hydrogen-bond acceptors (Lipinski definition) is 5. The second-order valence-electron chi connectivity index (χ2n) is 4.60. The molecule has 0 aromatic carbocycles. The maximum Gasteiger partial charge on any atom is 0.190 e. The third-order valence-corrected chi connectivity index (χ3v) is 4.13. The van der Waals surface area contributed by atoms with Gasteiger partial charge in [0.25, 0.3) is 0 Å². The van der Waals surface area contributed by atoms with Crippen molar-refractivity contribution >= 4 is 29.2 Å². The number of thioether (sulfide) groups is 1. The number of hydrogen-bond donors (Lipinski definition) is 1. The van der Waals surface area contributed by atoms with Crippen LogP contribution < -0.4 is 4.90 Å². The molecule has 0 bridgehead atoms. The third kappa shape index (κ3) is 3.28. The molecule has 1 saturated heterocycles. The average Bonchev–Trinajstić information content (AvgIpc) is 2.38. The van der Waals surface area contributed by atoms with Gasteiger partial charge in [0.2, 0.25) is 0 Å². The van der Waals surface area contributed by atoms with Crippen LogP contribution in [0.4, 0.5) is 5.82 Å². The largest absolute Gasteiger partial charge is 0.393 e. The molecule has 100 valence electrons. The monoisotopic (exact) mass is 287 g/mol. The zero-order valence-electron chi connectivity index (χ0n) is 10.6. The topological polar surface area (TPSA) is 49.2 Å². The Kier molecular flexibility index (Phi) is 4.70. The van der Waals surface area contributed by atoms with Gasteiger partial charge in [0, 0.05) is 19.2 Å². The highest BCUT2D eigenvalue weighted by molar-refractivity contribution is 7.98. The predicted molar refractivity (Wildman–Crippen MR) is 75.4 cm³/mol. The van der Waals surface area contributed by atoms with E-state index in [1.54, 1.807) is 0 Å². The number of halogens is 1. The van der Waals surface area contributed by atoms with Gasteiger partial charge in [0.15, 0.2) is 5.16 Å². The van der Waals surface area contributed by atoms with Crippen molar-refractivity contribution in [1.29, 1.82) is 0 Å². The van der Waals surface area contributed by atoms with E-state index in [1.165, 1.54) is 11.8 Å². The highest BCUT2D eigenvalue weighted by atomic mass is 35.5. The number of piperidine rings is 1. The van der Waals surface area contributed by atoms with Crippen molar-refractivity contribution in [3.8, 4) is 0 Å². The molecule has 0 saturated carbocycles. The molecule has 1 aromatic heterocycles. The Bertz CT molecular complexity index is 408. The quantitative estimate of drug-likeness (QED) is 0.526. The van der Waals surface area contributed by atoms with E-state index in [2.05, 4.69) is 14.9 Å². The molecule has 1 unspecified atom stereocenters. The minimum atomic E-state index is -0.220. The van der Waals surface area contributed by atoms with E-state index in [4.69, 9.17) is 11.6 Å². The van der Waals surface area contributed by atoms with Gasteiger partial charge >= 0.3 is 0 Å². The number of nitrogens with zero attached hydrogens (tertiary/aromatic N) is 3.